The molecule has 26 heavy (non-hydrogen) atoms. The lowest BCUT2D eigenvalue weighted by atomic mass is 9.83. The van der Waals surface area contributed by atoms with E-state index in [0.29, 0.717) is 11.6 Å². The largest absolute Gasteiger partial charge is 0.497 e. The standard InChI is InChI=1S/C21H27ClN2O2/c1-21(2,16-8-10-17(22)11-9-16)20(25)23-14-19(24(3)4)15-6-12-18(26-5)13-7-15/h6-13,19H,14H2,1-5H3,(H,23,25). The SMILES string of the molecule is COc1ccc(C(CNC(=O)C(C)(C)c2ccc(Cl)cc2)N(C)C)cc1. The van der Waals surface area contributed by atoms with Gasteiger partial charge in [-0.1, -0.05) is 35.9 Å². The molecule has 0 bridgehead atoms. The highest BCUT2D eigenvalue weighted by atomic mass is 35.5. The minimum absolute atomic E-state index is 0.0137. The number of ether oxygens (including phenoxy) is 1. The van der Waals surface area contributed by atoms with Crippen molar-refractivity contribution >= 4 is 17.5 Å². The van der Waals surface area contributed by atoms with Gasteiger partial charge in [0.1, 0.15) is 5.75 Å². The molecule has 1 N–H and O–H groups in total. The number of methoxy groups -OCH3 is 1. The van der Waals surface area contributed by atoms with E-state index in [9.17, 15) is 4.79 Å². The van der Waals surface area contributed by atoms with Crippen molar-refractivity contribution in [2.24, 2.45) is 0 Å². The predicted octanol–water partition coefficient (Wildman–Crippen LogP) is 4.05. The maximum Gasteiger partial charge on any atom is 0.230 e. The summed E-state index contributed by atoms with van der Waals surface area (Å²) >= 11 is 5.95. The summed E-state index contributed by atoms with van der Waals surface area (Å²) in [5, 5.41) is 3.76. The number of halogens is 1. The molecule has 1 amide bonds. The van der Waals surface area contributed by atoms with Gasteiger partial charge in [-0.05, 0) is 63.3 Å². The number of hydrogen-bond donors (Lipinski definition) is 1. The van der Waals surface area contributed by atoms with E-state index in [1.165, 1.54) is 0 Å². The van der Waals surface area contributed by atoms with E-state index < -0.39 is 5.41 Å². The highest BCUT2D eigenvalue weighted by molar-refractivity contribution is 6.30. The van der Waals surface area contributed by atoms with E-state index >= 15 is 0 Å². The molecule has 140 valence electrons. The number of carbonyl (C=O) groups is 1. The van der Waals surface area contributed by atoms with Gasteiger partial charge >= 0.3 is 0 Å². The number of rotatable bonds is 7. The molecule has 0 aliphatic heterocycles. The molecular weight excluding hydrogens is 348 g/mol. The van der Waals surface area contributed by atoms with Gasteiger partial charge in [0.2, 0.25) is 5.91 Å². The number of benzene rings is 2. The van der Waals surface area contributed by atoms with Crippen molar-refractivity contribution in [2.45, 2.75) is 25.3 Å². The summed E-state index contributed by atoms with van der Waals surface area (Å²) in [4.78, 5) is 14.9. The first-order valence-corrected chi connectivity index (χ1v) is 8.98. The van der Waals surface area contributed by atoms with Crippen LogP contribution in [0, 0.1) is 0 Å². The second kappa shape index (κ2) is 8.56. The summed E-state index contributed by atoms with van der Waals surface area (Å²) in [5.41, 5.74) is 1.42. The summed E-state index contributed by atoms with van der Waals surface area (Å²) in [6.07, 6.45) is 0. The second-order valence-corrected chi connectivity index (χ2v) is 7.53. The topological polar surface area (TPSA) is 41.6 Å². The van der Waals surface area contributed by atoms with Gasteiger partial charge in [0, 0.05) is 11.6 Å². The van der Waals surface area contributed by atoms with Gasteiger partial charge in [-0.2, -0.15) is 0 Å². The molecule has 0 aromatic heterocycles. The first-order valence-electron chi connectivity index (χ1n) is 8.60. The van der Waals surface area contributed by atoms with Crippen LogP contribution in [-0.2, 0) is 10.2 Å². The van der Waals surface area contributed by atoms with Crippen LogP contribution in [0.4, 0.5) is 0 Å². The van der Waals surface area contributed by atoms with Gasteiger partial charge < -0.3 is 15.0 Å². The summed E-state index contributed by atoms with van der Waals surface area (Å²) in [6, 6.07) is 15.4. The molecule has 2 rings (SSSR count). The number of nitrogens with one attached hydrogen (secondary N) is 1. The molecule has 1 atom stereocenters. The predicted molar refractivity (Wildman–Crippen MR) is 107 cm³/mol. The van der Waals surface area contributed by atoms with E-state index in [4.69, 9.17) is 16.3 Å². The summed E-state index contributed by atoms with van der Waals surface area (Å²) in [6.45, 7) is 4.36. The highest BCUT2D eigenvalue weighted by Crippen LogP contribution is 2.26. The zero-order valence-corrected chi connectivity index (χ0v) is 16.8. The molecule has 2 aromatic rings. The van der Waals surface area contributed by atoms with Gasteiger partial charge in [0.15, 0.2) is 0 Å². The van der Waals surface area contributed by atoms with E-state index in [1.54, 1.807) is 7.11 Å². The van der Waals surface area contributed by atoms with Crippen LogP contribution in [0.1, 0.15) is 31.0 Å². The summed E-state index contributed by atoms with van der Waals surface area (Å²) in [5.74, 6) is 0.805. The Bertz CT molecular complexity index is 725. The van der Waals surface area contributed by atoms with Crippen LogP contribution < -0.4 is 10.1 Å². The van der Waals surface area contributed by atoms with Crippen molar-refractivity contribution in [3.63, 3.8) is 0 Å². The molecular formula is C21H27ClN2O2. The van der Waals surface area contributed by atoms with Gasteiger partial charge in [0.05, 0.1) is 18.6 Å². The fraction of sp³-hybridized carbons (Fsp3) is 0.381. The van der Waals surface area contributed by atoms with Crippen molar-refractivity contribution in [1.29, 1.82) is 0 Å². The number of hydrogen-bond acceptors (Lipinski definition) is 3. The summed E-state index contributed by atoms with van der Waals surface area (Å²) < 4.78 is 5.22. The fourth-order valence-electron chi connectivity index (χ4n) is 2.83. The first-order chi connectivity index (χ1) is 12.3. The normalized spacial score (nSPS) is 12.7. The Kier molecular flexibility index (Phi) is 6.68. The second-order valence-electron chi connectivity index (χ2n) is 7.09. The minimum Gasteiger partial charge on any atom is -0.497 e. The van der Waals surface area contributed by atoms with Gasteiger partial charge in [-0.3, -0.25) is 4.79 Å². The average molecular weight is 375 g/mol. The van der Waals surface area contributed by atoms with Crippen molar-refractivity contribution in [1.82, 2.24) is 10.2 Å². The molecule has 0 spiro atoms. The zero-order chi connectivity index (χ0) is 19.3. The molecule has 0 saturated carbocycles. The molecule has 1 unspecified atom stereocenters. The van der Waals surface area contributed by atoms with Crippen molar-refractivity contribution < 1.29 is 9.53 Å². The molecule has 0 heterocycles. The third kappa shape index (κ3) is 4.77. The van der Waals surface area contributed by atoms with E-state index in [0.717, 1.165) is 16.9 Å². The Morgan fingerprint density at radius 2 is 1.69 bits per heavy atom. The monoisotopic (exact) mass is 374 g/mol. The van der Waals surface area contributed by atoms with Gasteiger partial charge in [-0.15, -0.1) is 0 Å². The Morgan fingerprint density at radius 3 is 2.19 bits per heavy atom. The van der Waals surface area contributed by atoms with Crippen LogP contribution in [0.15, 0.2) is 48.5 Å². The van der Waals surface area contributed by atoms with Crippen LogP contribution in [-0.4, -0.2) is 38.6 Å². The number of amides is 1. The molecule has 0 saturated heterocycles. The van der Waals surface area contributed by atoms with Crippen molar-refractivity contribution in [2.75, 3.05) is 27.7 Å². The lowest BCUT2D eigenvalue weighted by molar-refractivity contribution is -0.125. The minimum atomic E-state index is -0.638. The Hall–Kier alpha value is -2.04. The highest BCUT2D eigenvalue weighted by Gasteiger charge is 2.30. The maximum absolute atomic E-state index is 12.8. The van der Waals surface area contributed by atoms with E-state index in [2.05, 4.69) is 10.2 Å². The molecule has 5 heteroatoms. The third-order valence-electron chi connectivity index (χ3n) is 4.71. The lowest BCUT2D eigenvalue weighted by Crippen LogP contribution is -2.43. The molecule has 2 aromatic carbocycles. The van der Waals surface area contributed by atoms with E-state index in [1.807, 2.05) is 76.5 Å². The third-order valence-corrected chi connectivity index (χ3v) is 4.97. The smallest absolute Gasteiger partial charge is 0.230 e. The molecule has 0 aliphatic carbocycles. The van der Waals surface area contributed by atoms with E-state index in [-0.39, 0.29) is 11.9 Å². The average Bonchev–Trinajstić information content (AvgIpc) is 2.62. The Balaban J connectivity index is 2.09. The van der Waals surface area contributed by atoms with Crippen molar-refractivity contribution in [3.05, 3.63) is 64.7 Å². The molecule has 0 radical (unpaired) electrons. The fourth-order valence-corrected chi connectivity index (χ4v) is 2.96. The summed E-state index contributed by atoms with van der Waals surface area (Å²) in [7, 11) is 5.66. The van der Waals surface area contributed by atoms with Crippen molar-refractivity contribution in [3.8, 4) is 5.75 Å². The van der Waals surface area contributed by atoms with Crippen LogP contribution in [0.2, 0.25) is 5.02 Å². The maximum atomic E-state index is 12.8. The zero-order valence-electron chi connectivity index (χ0n) is 16.0. The van der Waals surface area contributed by atoms with Crippen LogP contribution in [0.25, 0.3) is 0 Å². The molecule has 4 nitrogen and oxygen atoms in total. The number of likely N-dealkylation sites (N-methyl/N-ethyl adjacent to an activating group) is 1. The Morgan fingerprint density at radius 1 is 1.12 bits per heavy atom. The molecule has 0 fully saturated rings. The first kappa shape index (κ1) is 20.3. The van der Waals surface area contributed by atoms with Crippen LogP contribution in [0.3, 0.4) is 0 Å². The lowest BCUT2D eigenvalue weighted by Gasteiger charge is -2.29. The Labute approximate surface area is 161 Å². The molecule has 0 aliphatic rings. The van der Waals surface area contributed by atoms with Crippen LogP contribution in [0.5, 0.6) is 5.75 Å². The number of carbonyl (C=O) groups excluding carboxylic acids is 1. The van der Waals surface area contributed by atoms with Crippen LogP contribution >= 0.6 is 11.6 Å². The van der Waals surface area contributed by atoms with Gasteiger partial charge in [-0.25, -0.2) is 0 Å². The quantitative estimate of drug-likeness (QED) is 0.795. The number of nitrogens with zero attached hydrogens (tertiary/aromatic N) is 1. The van der Waals surface area contributed by atoms with Gasteiger partial charge in [0.25, 0.3) is 0 Å².